The van der Waals surface area contributed by atoms with Crippen LogP contribution in [0, 0.1) is 35.5 Å². The Labute approximate surface area is 196 Å². The summed E-state index contributed by atoms with van der Waals surface area (Å²) in [5.74, 6) is 6.55. The molecule has 9 fully saturated rings. The predicted molar refractivity (Wildman–Crippen MR) is 136 cm³/mol. The SMILES string of the molecule is c1ccc(P(C23CC4CC(CC(C4)C2)C3)C23CC4CC(C2)C(C4)C3)c(N2CCCCC2)c1. The number of benzene rings is 1. The van der Waals surface area contributed by atoms with Gasteiger partial charge < -0.3 is 4.90 Å². The molecular weight excluding hydrogens is 405 g/mol. The average molecular weight is 448 g/mol. The van der Waals surface area contributed by atoms with Gasteiger partial charge in [-0.1, -0.05) is 26.1 Å². The van der Waals surface area contributed by atoms with Gasteiger partial charge in [0.15, 0.2) is 0 Å². The molecule has 1 aromatic carbocycles. The topological polar surface area (TPSA) is 3.24 Å². The van der Waals surface area contributed by atoms with Gasteiger partial charge >= 0.3 is 0 Å². The number of anilines is 1. The average Bonchev–Trinajstić information content (AvgIpc) is 3.20. The van der Waals surface area contributed by atoms with Crippen LogP contribution in [0.2, 0.25) is 0 Å². The number of para-hydroxylation sites is 1. The van der Waals surface area contributed by atoms with Gasteiger partial charge in [-0.15, -0.1) is 0 Å². The van der Waals surface area contributed by atoms with Gasteiger partial charge in [0.05, 0.1) is 0 Å². The maximum atomic E-state index is 2.83. The normalized spacial score (nSPS) is 49.2. The van der Waals surface area contributed by atoms with E-state index in [0.29, 0.717) is 10.3 Å². The monoisotopic (exact) mass is 447 g/mol. The molecule has 1 aromatic rings. The summed E-state index contributed by atoms with van der Waals surface area (Å²) in [6.45, 7) is 2.61. The molecule has 10 rings (SSSR count). The van der Waals surface area contributed by atoms with Crippen LogP contribution in [-0.2, 0) is 0 Å². The Kier molecular flexibility index (Phi) is 4.31. The minimum Gasteiger partial charge on any atom is -0.371 e. The smallest absolute Gasteiger partial charge is 0.0444 e. The fourth-order valence-corrected chi connectivity index (χ4v) is 16.8. The third kappa shape index (κ3) is 2.79. The second-order valence-electron chi connectivity index (χ2n) is 13.7. The van der Waals surface area contributed by atoms with Crippen molar-refractivity contribution in [2.24, 2.45) is 35.5 Å². The summed E-state index contributed by atoms with van der Waals surface area (Å²) in [5.41, 5.74) is 1.70. The molecule has 1 aliphatic heterocycles. The quantitative estimate of drug-likeness (QED) is 0.437. The first kappa shape index (κ1) is 19.7. The van der Waals surface area contributed by atoms with E-state index in [1.54, 1.807) is 76.3 Å². The third-order valence-electron chi connectivity index (χ3n) is 11.7. The fourth-order valence-electron chi connectivity index (χ4n) is 11.4. The maximum absolute atomic E-state index is 2.83. The van der Waals surface area contributed by atoms with Gasteiger partial charge in [-0.2, -0.15) is 0 Å². The Bertz CT molecular complexity index is 845. The van der Waals surface area contributed by atoms with E-state index in [0.717, 1.165) is 35.5 Å². The van der Waals surface area contributed by atoms with Crippen molar-refractivity contribution >= 4 is 18.9 Å². The van der Waals surface area contributed by atoms with Gasteiger partial charge in [0, 0.05) is 24.1 Å². The molecule has 9 aliphatic rings. The third-order valence-corrected chi connectivity index (χ3v) is 15.5. The summed E-state index contributed by atoms with van der Waals surface area (Å²) < 4.78 is 0. The molecule has 1 heterocycles. The first-order valence-corrected chi connectivity index (χ1v) is 15.7. The Morgan fingerprint density at radius 3 is 1.75 bits per heavy atom. The first-order valence-electron chi connectivity index (χ1n) is 14.3. The highest BCUT2D eigenvalue weighted by atomic mass is 31.1. The highest BCUT2D eigenvalue weighted by molar-refractivity contribution is 7.69. The van der Waals surface area contributed by atoms with E-state index in [4.69, 9.17) is 0 Å². The zero-order valence-corrected chi connectivity index (χ0v) is 20.9. The molecule has 0 radical (unpaired) electrons. The van der Waals surface area contributed by atoms with Crippen molar-refractivity contribution in [2.75, 3.05) is 18.0 Å². The molecule has 172 valence electrons. The second-order valence-corrected chi connectivity index (χ2v) is 16.8. The van der Waals surface area contributed by atoms with E-state index >= 15 is 0 Å². The molecule has 8 bridgehead atoms. The molecule has 0 amide bonds. The molecule has 1 saturated heterocycles. The zero-order chi connectivity index (χ0) is 20.9. The van der Waals surface area contributed by atoms with Crippen molar-refractivity contribution in [3.05, 3.63) is 24.3 Å². The van der Waals surface area contributed by atoms with Crippen LogP contribution in [0.4, 0.5) is 5.69 Å². The van der Waals surface area contributed by atoms with E-state index in [2.05, 4.69) is 29.2 Å². The lowest BCUT2D eigenvalue weighted by atomic mass is 9.56. The van der Waals surface area contributed by atoms with Crippen molar-refractivity contribution in [1.29, 1.82) is 0 Å². The van der Waals surface area contributed by atoms with Crippen LogP contribution >= 0.6 is 7.92 Å². The van der Waals surface area contributed by atoms with E-state index in [9.17, 15) is 0 Å². The summed E-state index contributed by atoms with van der Waals surface area (Å²) in [6.07, 6.45) is 21.9. The predicted octanol–water partition coefficient (Wildman–Crippen LogP) is 7.33. The number of rotatable bonds is 4. The molecule has 0 aromatic heterocycles. The first-order chi connectivity index (χ1) is 15.7. The van der Waals surface area contributed by atoms with E-state index in [1.165, 1.54) is 32.4 Å². The summed E-state index contributed by atoms with van der Waals surface area (Å²) in [4.78, 5) is 2.83. The van der Waals surface area contributed by atoms with Crippen LogP contribution in [-0.4, -0.2) is 23.4 Å². The van der Waals surface area contributed by atoms with Gasteiger partial charge in [0.1, 0.15) is 0 Å². The number of nitrogens with zero attached hydrogens (tertiary/aromatic N) is 1. The molecule has 0 spiro atoms. The van der Waals surface area contributed by atoms with Gasteiger partial charge in [-0.25, -0.2) is 0 Å². The van der Waals surface area contributed by atoms with Gasteiger partial charge in [0.25, 0.3) is 0 Å². The van der Waals surface area contributed by atoms with Gasteiger partial charge in [0.2, 0.25) is 0 Å². The Balaban J connectivity index is 1.28. The Hall–Kier alpha value is -0.550. The van der Waals surface area contributed by atoms with Crippen LogP contribution in [0.3, 0.4) is 0 Å². The number of hydrogen-bond acceptors (Lipinski definition) is 1. The summed E-state index contributed by atoms with van der Waals surface area (Å²) in [5, 5.41) is 3.31. The summed E-state index contributed by atoms with van der Waals surface area (Å²) in [7, 11) is -0.0742. The molecule has 3 unspecified atom stereocenters. The molecule has 1 nitrogen and oxygen atoms in total. The van der Waals surface area contributed by atoms with Crippen LogP contribution < -0.4 is 10.2 Å². The Morgan fingerprint density at radius 1 is 0.625 bits per heavy atom. The molecular formula is C30H42NP. The lowest BCUT2D eigenvalue weighted by Gasteiger charge is -2.64. The standard InChI is InChI=1S/C30H42NP/c1-4-8-31(9-5-1)27-6-2-3-7-28(27)32(30-18-24-13-25(19-30)26(14-24)20-30)29-15-21-10-22(16-29)12-23(11-21)17-29/h2-3,6-7,21-26H,1,4-5,8-20H2. The fraction of sp³-hybridized carbons (Fsp3) is 0.800. The lowest BCUT2D eigenvalue weighted by molar-refractivity contribution is 0.0345. The molecule has 32 heavy (non-hydrogen) atoms. The van der Waals surface area contributed by atoms with Crippen molar-refractivity contribution < 1.29 is 0 Å². The number of hydrogen-bond donors (Lipinski definition) is 0. The zero-order valence-electron chi connectivity index (χ0n) is 20.0. The summed E-state index contributed by atoms with van der Waals surface area (Å²) >= 11 is 0. The largest absolute Gasteiger partial charge is 0.371 e. The van der Waals surface area contributed by atoms with E-state index in [-0.39, 0.29) is 7.92 Å². The van der Waals surface area contributed by atoms with Crippen LogP contribution in [0.1, 0.15) is 89.9 Å². The minimum atomic E-state index is -0.0742. The van der Waals surface area contributed by atoms with Gasteiger partial charge in [-0.05, 0) is 142 Å². The molecule has 2 heteroatoms. The van der Waals surface area contributed by atoms with E-state index < -0.39 is 0 Å². The van der Waals surface area contributed by atoms with Crippen molar-refractivity contribution in [1.82, 2.24) is 0 Å². The summed E-state index contributed by atoms with van der Waals surface area (Å²) in [6, 6.07) is 10.0. The maximum Gasteiger partial charge on any atom is 0.0444 e. The molecule has 0 N–H and O–H groups in total. The molecule has 8 aliphatic carbocycles. The van der Waals surface area contributed by atoms with Crippen LogP contribution in [0.5, 0.6) is 0 Å². The minimum absolute atomic E-state index is 0.0742. The molecule has 3 atom stereocenters. The van der Waals surface area contributed by atoms with Crippen LogP contribution in [0.15, 0.2) is 24.3 Å². The molecule has 8 saturated carbocycles. The number of piperidine rings is 1. The second kappa shape index (κ2) is 6.99. The lowest BCUT2D eigenvalue weighted by Crippen LogP contribution is -2.54. The highest BCUT2D eigenvalue weighted by Crippen LogP contribution is 2.80. The van der Waals surface area contributed by atoms with Crippen molar-refractivity contribution in [2.45, 2.75) is 100 Å². The van der Waals surface area contributed by atoms with Crippen molar-refractivity contribution in [3.8, 4) is 0 Å². The Morgan fingerprint density at radius 2 is 1.16 bits per heavy atom. The highest BCUT2D eigenvalue weighted by Gasteiger charge is 2.65. The van der Waals surface area contributed by atoms with Gasteiger partial charge in [-0.3, -0.25) is 0 Å². The van der Waals surface area contributed by atoms with Crippen molar-refractivity contribution in [3.63, 3.8) is 0 Å². The van der Waals surface area contributed by atoms with E-state index in [1.807, 2.05) is 5.30 Å². The van der Waals surface area contributed by atoms with Crippen LogP contribution in [0.25, 0.3) is 0 Å².